The van der Waals surface area contributed by atoms with Crippen molar-refractivity contribution in [3.05, 3.63) is 0 Å². The van der Waals surface area contributed by atoms with Crippen molar-refractivity contribution in [2.24, 2.45) is 17.8 Å². The van der Waals surface area contributed by atoms with Gasteiger partial charge in [0.2, 0.25) is 5.91 Å². The van der Waals surface area contributed by atoms with E-state index in [1.54, 1.807) is 27.7 Å². The fourth-order valence-electron chi connectivity index (χ4n) is 3.52. The second kappa shape index (κ2) is 5.94. The van der Waals surface area contributed by atoms with Crippen molar-refractivity contribution in [2.45, 2.75) is 52.2 Å². The highest BCUT2D eigenvalue weighted by Crippen LogP contribution is 2.44. The minimum absolute atomic E-state index is 0.00788. The lowest BCUT2D eigenvalue weighted by Gasteiger charge is -2.30. The van der Waals surface area contributed by atoms with Crippen molar-refractivity contribution < 1.29 is 28.7 Å². The maximum Gasteiger partial charge on any atom is 0.417 e. The number of esters is 1. The molecule has 1 aliphatic heterocycles. The number of carbonyl (C=O) groups excluding carboxylic acids is 4. The molecule has 1 aliphatic carbocycles. The van der Waals surface area contributed by atoms with Crippen molar-refractivity contribution >= 4 is 23.8 Å². The minimum Gasteiger partial charge on any atom is -0.467 e. The molecule has 128 valence electrons. The number of ether oxygens (including phenoxy) is 2. The smallest absolute Gasteiger partial charge is 0.417 e. The first-order valence-electron chi connectivity index (χ1n) is 7.72. The lowest BCUT2D eigenvalue weighted by Crippen LogP contribution is -2.47. The summed E-state index contributed by atoms with van der Waals surface area (Å²) in [6.07, 6.45) is -0.491. The van der Waals surface area contributed by atoms with Crippen molar-refractivity contribution in [1.29, 1.82) is 0 Å². The van der Waals surface area contributed by atoms with E-state index in [1.165, 1.54) is 7.11 Å². The van der Waals surface area contributed by atoms with Gasteiger partial charge in [0.1, 0.15) is 17.4 Å². The highest BCUT2D eigenvalue weighted by atomic mass is 16.6. The maximum atomic E-state index is 12.7. The zero-order chi connectivity index (χ0) is 17.5. The Kier molecular flexibility index (Phi) is 4.50. The van der Waals surface area contributed by atoms with Gasteiger partial charge in [-0.25, -0.2) is 14.5 Å². The van der Waals surface area contributed by atoms with Gasteiger partial charge in [0.25, 0.3) is 0 Å². The van der Waals surface area contributed by atoms with E-state index in [0.29, 0.717) is 0 Å². The summed E-state index contributed by atoms with van der Waals surface area (Å²) in [5.41, 5.74) is -0.798. The van der Waals surface area contributed by atoms with E-state index >= 15 is 0 Å². The summed E-state index contributed by atoms with van der Waals surface area (Å²) in [6, 6.07) is -1.10. The number of Topliss-reactive ketones (excluding diaryl/α,β-unsaturated/α-hetero) is 1. The third-order valence-corrected chi connectivity index (χ3v) is 4.33. The number of amides is 2. The van der Waals surface area contributed by atoms with Crippen LogP contribution in [0.5, 0.6) is 0 Å². The summed E-state index contributed by atoms with van der Waals surface area (Å²) in [5, 5.41) is 0. The van der Waals surface area contributed by atoms with Crippen LogP contribution in [0.25, 0.3) is 0 Å². The summed E-state index contributed by atoms with van der Waals surface area (Å²) in [7, 11) is 1.20. The maximum absolute atomic E-state index is 12.7. The van der Waals surface area contributed by atoms with Crippen LogP contribution >= 0.6 is 0 Å². The van der Waals surface area contributed by atoms with Gasteiger partial charge in [-0.3, -0.25) is 9.59 Å². The van der Waals surface area contributed by atoms with Crippen LogP contribution in [-0.2, 0) is 23.9 Å². The van der Waals surface area contributed by atoms with Crippen LogP contribution in [-0.4, -0.2) is 47.4 Å². The number of hydrogen-bond acceptors (Lipinski definition) is 6. The molecule has 2 aliphatic rings. The number of imide groups is 1. The molecule has 1 saturated heterocycles. The minimum atomic E-state index is -1.10. The summed E-state index contributed by atoms with van der Waals surface area (Å²) >= 11 is 0. The molecule has 2 amide bonds. The molecule has 0 bridgehead atoms. The van der Waals surface area contributed by atoms with E-state index in [0.717, 1.165) is 4.90 Å². The number of rotatable bonds is 1. The molecule has 0 aromatic carbocycles. The van der Waals surface area contributed by atoms with Gasteiger partial charge in [-0.1, -0.05) is 6.92 Å². The Hall–Kier alpha value is -1.92. The number of fused-ring (bicyclic) bond motifs is 1. The predicted octanol–water partition coefficient (Wildman–Crippen LogP) is 1.54. The number of methoxy groups -OCH3 is 1. The van der Waals surface area contributed by atoms with Crippen LogP contribution in [0.3, 0.4) is 0 Å². The molecule has 0 spiro atoms. The van der Waals surface area contributed by atoms with Crippen LogP contribution in [0.15, 0.2) is 0 Å². The molecule has 23 heavy (non-hydrogen) atoms. The van der Waals surface area contributed by atoms with Gasteiger partial charge in [-0.2, -0.15) is 0 Å². The number of likely N-dealkylation sites (tertiary alicyclic amines) is 1. The third-order valence-electron chi connectivity index (χ3n) is 4.33. The Balaban J connectivity index is 2.39. The molecule has 0 aromatic heterocycles. The van der Waals surface area contributed by atoms with Crippen LogP contribution < -0.4 is 0 Å². The zero-order valence-electron chi connectivity index (χ0n) is 14.1. The van der Waals surface area contributed by atoms with Crippen molar-refractivity contribution in [3.63, 3.8) is 0 Å². The monoisotopic (exact) mass is 325 g/mol. The zero-order valence-corrected chi connectivity index (χ0v) is 14.1. The average Bonchev–Trinajstić information content (AvgIpc) is 2.69. The van der Waals surface area contributed by atoms with Crippen molar-refractivity contribution in [2.75, 3.05) is 7.11 Å². The molecule has 0 aromatic rings. The second-order valence-corrected chi connectivity index (χ2v) is 7.27. The molecule has 7 nitrogen and oxygen atoms in total. The fraction of sp³-hybridized carbons (Fsp3) is 0.750. The molecule has 7 heteroatoms. The summed E-state index contributed by atoms with van der Waals surface area (Å²) in [4.78, 5) is 50.1. The Morgan fingerprint density at radius 2 is 1.78 bits per heavy atom. The van der Waals surface area contributed by atoms with Gasteiger partial charge in [-0.05, 0) is 26.7 Å². The number of nitrogens with zero attached hydrogens (tertiary/aromatic N) is 1. The van der Waals surface area contributed by atoms with E-state index in [4.69, 9.17) is 9.47 Å². The van der Waals surface area contributed by atoms with Gasteiger partial charge in [-0.15, -0.1) is 0 Å². The van der Waals surface area contributed by atoms with Crippen LogP contribution in [0.2, 0.25) is 0 Å². The van der Waals surface area contributed by atoms with Crippen LogP contribution in [0.4, 0.5) is 4.79 Å². The largest absolute Gasteiger partial charge is 0.467 e. The van der Waals surface area contributed by atoms with E-state index in [9.17, 15) is 19.2 Å². The molecule has 4 atom stereocenters. The highest BCUT2D eigenvalue weighted by Gasteiger charge is 2.58. The van der Waals surface area contributed by atoms with E-state index in [1.807, 2.05) is 0 Å². The third kappa shape index (κ3) is 3.23. The molecule has 1 saturated carbocycles. The van der Waals surface area contributed by atoms with Crippen LogP contribution in [0, 0.1) is 17.8 Å². The lowest BCUT2D eigenvalue weighted by atomic mass is 9.71. The Bertz CT molecular complexity index is 549. The van der Waals surface area contributed by atoms with Gasteiger partial charge in [0.15, 0.2) is 0 Å². The molecule has 2 rings (SSSR count). The average molecular weight is 325 g/mol. The molecular formula is C16H23NO6. The van der Waals surface area contributed by atoms with E-state index in [2.05, 4.69) is 0 Å². The van der Waals surface area contributed by atoms with Gasteiger partial charge in [0, 0.05) is 24.7 Å². The quantitative estimate of drug-likeness (QED) is 0.679. The molecule has 0 unspecified atom stereocenters. The topological polar surface area (TPSA) is 90.0 Å². The lowest BCUT2D eigenvalue weighted by molar-refractivity contribution is -0.149. The van der Waals surface area contributed by atoms with Gasteiger partial charge < -0.3 is 9.47 Å². The Morgan fingerprint density at radius 1 is 1.17 bits per heavy atom. The normalized spacial score (nSPS) is 30.9. The molecule has 0 radical (unpaired) electrons. The predicted molar refractivity (Wildman–Crippen MR) is 79.3 cm³/mol. The second-order valence-electron chi connectivity index (χ2n) is 7.27. The standard InChI is InChI=1S/C16H23NO6/c1-8-6-9(18)7-10-11(8)13(19)17(12(10)14(20)22-5)15(21)23-16(2,3)4/h8,10-12H,6-7H2,1-5H3/t8-,10-,11+,12-/m0/s1. The Labute approximate surface area is 135 Å². The van der Waals surface area contributed by atoms with Gasteiger partial charge >= 0.3 is 12.1 Å². The van der Waals surface area contributed by atoms with Crippen molar-refractivity contribution in [1.82, 2.24) is 4.90 Å². The molecule has 1 heterocycles. The summed E-state index contributed by atoms with van der Waals surface area (Å²) in [5.74, 6) is -2.46. The summed E-state index contributed by atoms with van der Waals surface area (Å²) < 4.78 is 10.0. The fourth-order valence-corrected chi connectivity index (χ4v) is 3.52. The first-order chi connectivity index (χ1) is 10.6. The molecular weight excluding hydrogens is 302 g/mol. The molecule has 2 fully saturated rings. The van der Waals surface area contributed by atoms with E-state index in [-0.39, 0.29) is 24.5 Å². The molecule has 0 N–H and O–H groups in total. The van der Waals surface area contributed by atoms with Crippen molar-refractivity contribution in [3.8, 4) is 0 Å². The number of ketones is 1. The number of hydrogen-bond donors (Lipinski definition) is 0. The van der Waals surface area contributed by atoms with Crippen LogP contribution in [0.1, 0.15) is 40.5 Å². The van der Waals surface area contributed by atoms with Gasteiger partial charge in [0.05, 0.1) is 7.11 Å². The Morgan fingerprint density at radius 3 is 2.30 bits per heavy atom. The first-order valence-corrected chi connectivity index (χ1v) is 7.72. The SMILES string of the molecule is COC(=O)[C@@H]1[C@H]2CC(=O)C[C@H](C)[C@H]2C(=O)N1C(=O)OC(C)(C)C. The number of carbonyl (C=O) groups is 4. The first kappa shape index (κ1) is 17.4. The highest BCUT2D eigenvalue weighted by molar-refractivity contribution is 6.02. The summed E-state index contributed by atoms with van der Waals surface area (Å²) in [6.45, 7) is 6.83. The van der Waals surface area contributed by atoms with E-state index < -0.39 is 41.4 Å².